The fraction of sp³-hybridized carbons (Fsp3) is 0.486. The summed E-state index contributed by atoms with van der Waals surface area (Å²) in [6.45, 7) is 8.08. The molecule has 3 aliphatic heterocycles. The molecule has 5 heterocycles. The first kappa shape index (κ1) is 33.5. The molecule has 0 N–H and O–H groups in total. The van der Waals surface area contributed by atoms with Crippen LogP contribution < -0.4 is 4.74 Å². The van der Waals surface area contributed by atoms with Crippen molar-refractivity contribution in [1.82, 2.24) is 24.8 Å². The fourth-order valence-corrected chi connectivity index (χ4v) is 7.98. The average molecular weight is 692 g/mol. The SMILES string of the molecule is C/[N+](=C/C1CCCN(C(=O)OC(C)(C)C)C1)c1nc(OC[C@@]23CCCN2C[C@H](F)C3)nc2c(F)c(-c3cccc4cccc(Cl)c34)ncc12. The lowest BCUT2D eigenvalue weighted by atomic mass is 9.95. The summed E-state index contributed by atoms with van der Waals surface area (Å²) >= 11 is 6.62. The van der Waals surface area contributed by atoms with Crippen LogP contribution in [0.1, 0.15) is 52.9 Å². The molecule has 7 rings (SSSR count). The molecule has 258 valence electrons. The van der Waals surface area contributed by atoms with Crippen LogP contribution in [0, 0.1) is 11.7 Å². The highest BCUT2D eigenvalue weighted by atomic mass is 35.5. The number of amides is 1. The maximum atomic E-state index is 16.8. The molecule has 49 heavy (non-hydrogen) atoms. The van der Waals surface area contributed by atoms with Crippen molar-refractivity contribution in [2.45, 2.75) is 70.2 Å². The van der Waals surface area contributed by atoms with Gasteiger partial charge in [0.15, 0.2) is 5.82 Å². The number of aromatic nitrogens is 3. The fourth-order valence-electron chi connectivity index (χ4n) is 7.69. The van der Waals surface area contributed by atoms with Crippen LogP contribution in [0.2, 0.25) is 5.02 Å². The van der Waals surface area contributed by atoms with Gasteiger partial charge in [0, 0.05) is 59.1 Å². The maximum Gasteiger partial charge on any atom is 0.434 e. The van der Waals surface area contributed by atoms with E-state index in [1.807, 2.05) is 62.9 Å². The Morgan fingerprint density at radius 1 is 1.14 bits per heavy atom. The van der Waals surface area contributed by atoms with Crippen LogP contribution in [0.25, 0.3) is 32.9 Å². The molecule has 4 aromatic rings. The van der Waals surface area contributed by atoms with Gasteiger partial charge in [-0.2, -0.15) is 4.98 Å². The quantitative estimate of drug-likeness (QED) is 0.152. The summed E-state index contributed by atoms with van der Waals surface area (Å²) in [7, 11) is 1.84. The molecule has 1 amide bonds. The van der Waals surface area contributed by atoms with Gasteiger partial charge in [-0.3, -0.25) is 9.88 Å². The highest BCUT2D eigenvalue weighted by Gasteiger charge is 2.49. The maximum absolute atomic E-state index is 16.8. The van der Waals surface area contributed by atoms with Crippen molar-refractivity contribution >= 4 is 51.4 Å². The second-order valence-electron chi connectivity index (χ2n) is 14.6. The summed E-state index contributed by atoms with van der Waals surface area (Å²) in [6.07, 6.45) is 6.19. The lowest BCUT2D eigenvalue weighted by Crippen LogP contribution is -2.43. The zero-order valence-corrected chi connectivity index (χ0v) is 29.1. The Balaban J connectivity index is 1.28. The second kappa shape index (κ2) is 13.1. The molecule has 0 aliphatic carbocycles. The van der Waals surface area contributed by atoms with E-state index in [-0.39, 0.29) is 35.8 Å². The van der Waals surface area contributed by atoms with Crippen molar-refractivity contribution in [3.05, 3.63) is 53.4 Å². The molecular weight excluding hydrogens is 650 g/mol. The predicted octanol–water partition coefficient (Wildman–Crippen LogP) is 7.58. The number of pyridine rings is 1. The number of nitrogens with zero attached hydrogens (tertiary/aromatic N) is 6. The number of alkyl halides is 1. The van der Waals surface area contributed by atoms with E-state index in [4.69, 9.17) is 26.1 Å². The van der Waals surface area contributed by atoms with Crippen molar-refractivity contribution in [3.8, 4) is 17.3 Å². The number of ether oxygens (including phenoxy) is 2. The molecule has 3 fully saturated rings. The molecule has 2 aromatic carbocycles. The van der Waals surface area contributed by atoms with Crippen molar-refractivity contribution in [2.75, 3.05) is 39.8 Å². The standard InChI is InChI=1S/C37H42ClF2N6O3/c1-36(2,3)49-35(47)45-15-7-9-23(20-45)19-44(4)33-27-18-41-31(26-12-5-10-24-11-6-13-28(38)29(24)26)30(40)32(27)42-34(43-33)48-22-37-14-8-16-46(37)21-25(39)17-37/h5-6,10-13,18-19,23,25H,7-9,14-17,20-22H2,1-4H3/q+1/b44-19-/t23?,25-,37+/m1/s1. The van der Waals surface area contributed by atoms with Gasteiger partial charge in [-0.15, -0.1) is 0 Å². The molecule has 9 nitrogen and oxygen atoms in total. The Bertz CT molecular complexity index is 1950. The lowest BCUT2D eigenvalue weighted by molar-refractivity contribution is -0.405. The number of hydrogen-bond donors (Lipinski definition) is 0. The summed E-state index contributed by atoms with van der Waals surface area (Å²) in [5.74, 6) is -0.203. The minimum Gasteiger partial charge on any atom is -0.444 e. The molecule has 0 radical (unpaired) electrons. The van der Waals surface area contributed by atoms with Crippen molar-refractivity contribution < 1.29 is 27.6 Å². The van der Waals surface area contributed by atoms with Gasteiger partial charge in [-0.25, -0.2) is 18.2 Å². The zero-order valence-electron chi connectivity index (χ0n) is 28.4. The Hall–Kier alpha value is -3.96. The third kappa shape index (κ3) is 6.67. The van der Waals surface area contributed by atoms with Gasteiger partial charge in [-0.05, 0) is 64.5 Å². The van der Waals surface area contributed by atoms with Crippen LogP contribution in [-0.4, -0.2) is 98.8 Å². The first-order valence-corrected chi connectivity index (χ1v) is 17.4. The monoisotopic (exact) mass is 691 g/mol. The van der Waals surface area contributed by atoms with Crippen LogP contribution in [0.3, 0.4) is 0 Å². The van der Waals surface area contributed by atoms with Gasteiger partial charge in [0.1, 0.15) is 35.0 Å². The number of halogens is 3. The Morgan fingerprint density at radius 2 is 1.94 bits per heavy atom. The number of carbonyl (C=O) groups is 1. The van der Waals surface area contributed by atoms with Crippen LogP contribution in [0.4, 0.5) is 19.4 Å². The van der Waals surface area contributed by atoms with E-state index < -0.39 is 23.1 Å². The molecule has 0 saturated carbocycles. The number of piperidine rings is 1. The Morgan fingerprint density at radius 3 is 2.73 bits per heavy atom. The first-order valence-electron chi connectivity index (χ1n) is 17.0. The molecule has 3 saturated heterocycles. The van der Waals surface area contributed by atoms with Gasteiger partial charge in [0.25, 0.3) is 0 Å². The number of rotatable bonds is 6. The molecule has 3 atom stereocenters. The molecule has 3 aliphatic rings. The van der Waals surface area contributed by atoms with E-state index in [2.05, 4.69) is 14.9 Å². The van der Waals surface area contributed by atoms with E-state index in [0.29, 0.717) is 53.2 Å². The highest BCUT2D eigenvalue weighted by molar-refractivity contribution is 6.36. The van der Waals surface area contributed by atoms with Crippen LogP contribution in [0.5, 0.6) is 6.01 Å². The number of fused-ring (bicyclic) bond motifs is 3. The minimum atomic E-state index is -0.910. The summed E-state index contributed by atoms with van der Waals surface area (Å²) in [6, 6.07) is 11.1. The predicted molar refractivity (Wildman–Crippen MR) is 186 cm³/mol. The lowest BCUT2D eigenvalue weighted by Gasteiger charge is -2.32. The number of carbonyl (C=O) groups excluding carboxylic acids is 1. The van der Waals surface area contributed by atoms with Gasteiger partial charge in [0.05, 0.1) is 18.8 Å². The summed E-state index contributed by atoms with van der Waals surface area (Å²) in [4.78, 5) is 30.7. The van der Waals surface area contributed by atoms with Crippen molar-refractivity contribution in [2.24, 2.45) is 5.92 Å². The first-order chi connectivity index (χ1) is 23.4. The number of benzene rings is 2. The highest BCUT2D eigenvalue weighted by Crippen LogP contribution is 2.41. The van der Waals surface area contributed by atoms with Gasteiger partial charge in [0.2, 0.25) is 0 Å². The van der Waals surface area contributed by atoms with E-state index in [9.17, 15) is 9.18 Å². The molecule has 0 spiro atoms. The van der Waals surface area contributed by atoms with E-state index in [1.54, 1.807) is 23.2 Å². The largest absolute Gasteiger partial charge is 0.444 e. The molecule has 12 heteroatoms. The van der Waals surface area contributed by atoms with Crippen LogP contribution in [-0.2, 0) is 4.74 Å². The molecule has 0 bridgehead atoms. The van der Waals surface area contributed by atoms with E-state index >= 15 is 4.39 Å². The molecular formula is C37H42ClF2N6O3+. The average Bonchev–Trinajstić information content (AvgIpc) is 3.58. The van der Waals surface area contributed by atoms with Crippen molar-refractivity contribution in [1.29, 1.82) is 0 Å². The van der Waals surface area contributed by atoms with Crippen LogP contribution in [0.15, 0.2) is 42.6 Å². The number of likely N-dealkylation sites (tertiary alicyclic amines) is 1. The minimum absolute atomic E-state index is 0.00136. The normalized spacial score (nSPS) is 23.3. The van der Waals surface area contributed by atoms with Gasteiger partial charge in [-0.1, -0.05) is 41.9 Å². The van der Waals surface area contributed by atoms with Gasteiger partial charge >= 0.3 is 17.9 Å². The number of hydrogen-bond acceptors (Lipinski definition) is 7. The zero-order chi connectivity index (χ0) is 34.5. The van der Waals surface area contributed by atoms with E-state index in [0.717, 1.165) is 37.6 Å². The topological polar surface area (TPSA) is 83.7 Å². The van der Waals surface area contributed by atoms with Crippen molar-refractivity contribution in [3.63, 3.8) is 0 Å². The summed E-state index contributed by atoms with van der Waals surface area (Å²) in [5, 5.41) is 2.46. The molecule has 2 aromatic heterocycles. The summed E-state index contributed by atoms with van der Waals surface area (Å²) < 4.78 is 45.0. The summed E-state index contributed by atoms with van der Waals surface area (Å²) in [5.41, 5.74) is -0.290. The Kier molecular flexibility index (Phi) is 8.94. The smallest absolute Gasteiger partial charge is 0.434 e. The van der Waals surface area contributed by atoms with Gasteiger partial charge < -0.3 is 14.4 Å². The third-order valence-electron chi connectivity index (χ3n) is 9.86. The second-order valence-corrected chi connectivity index (χ2v) is 15.0. The van der Waals surface area contributed by atoms with Crippen LogP contribution >= 0.6 is 11.6 Å². The Labute approximate surface area is 289 Å². The molecule has 1 unspecified atom stereocenters. The third-order valence-corrected chi connectivity index (χ3v) is 10.2. The van der Waals surface area contributed by atoms with E-state index in [1.165, 1.54) is 0 Å².